The highest BCUT2D eigenvalue weighted by molar-refractivity contribution is 5.56. The van der Waals surface area contributed by atoms with Gasteiger partial charge in [-0.15, -0.1) is 0 Å². The Morgan fingerprint density at radius 3 is 2.41 bits per heavy atom. The van der Waals surface area contributed by atoms with Gasteiger partial charge in [0.05, 0.1) is 0 Å². The van der Waals surface area contributed by atoms with Gasteiger partial charge in [0, 0.05) is 5.56 Å². The van der Waals surface area contributed by atoms with Crippen LogP contribution >= 0.6 is 0 Å². The third kappa shape index (κ3) is 3.22. The lowest BCUT2D eigenvalue weighted by molar-refractivity contribution is 0.305. The van der Waals surface area contributed by atoms with E-state index >= 15 is 0 Å². The van der Waals surface area contributed by atoms with E-state index in [-0.39, 0.29) is 0 Å². The molecular weight excluding hydrogens is 208 g/mol. The minimum absolute atomic E-state index is 0.607. The van der Waals surface area contributed by atoms with Gasteiger partial charge in [-0.3, -0.25) is 0 Å². The van der Waals surface area contributed by atoms with Gasteiger partial charge in [-0.1, -0.05) is 60.7 Å². The topological polar surface area (TPSA) is 9.23 Å². The largest absolute Gasteiger partial charge is 0.488 e. The molecule has 0 radical (unpaired) electrons. The van der Waals surface area contributed by atoms with E-state index in [2.05, 4.69) is 24.3 Å². The molecule has 0 aliphatic rings. The average Bonchev–Trinajstić information content (AvgIpc) is 2.39. The van der Waals surface area contributed by atoms with Crippen molar-refractivity contribution in [2.24, 2.45) is 0 Å². The Morgan fingerprint density at radius 1 is 0.941 bits per heavy atom. The van der Waals surface area contributed by atoms with Crippen molar-refractivity contribution in [3.8, 4) is 5.75 Å². The van der Waals surface area contributed by atoms with Crippen molar-refractivity contribution < 1.29 is 4.74 Å². The van der Waals surface area contributed by atoms with Crippen molar-refractivity contribution in [3.05, 3.63) is 71.8 Å². The summed E-state index contributed by atoms with van der Waals surface area (Å²) in [7, 11) is 0. The molecule has 0 bridgehead atoms. The maximum atomic E-state index is 5.82. The fraction of sp³-hybridized carbons (Fsp3) is 0.125. The zero-order chi connectivity index (χ0) is 11.9. The van der Waals surface area contributed by atoms with E-state index in [1.165, 1.54) is 5.56 Å². The summed E-state index contributed by atoms with van der Waals surface area (Å²) in [5.74, 6) is 0.925. The third-order valence-corrected chi connectivity index (χ3v) is 2.50. The molecule has 0 heterocycles. The Hall–Kier alpha value is -2.02. The fourth-order valence-corrected chi connectivity index (χ4v) is 1.66. The number of hydrogen-bond acceptors (Lipinski definition) is 1. The van der Waals surface area contributed by atoms with E-state index in [1.807, 2.05) is 49.4 Å². The molecule has 0 spiro atoms. The van der Waals surface area contributed by atoms with Crippen molar-refractivity contribution >= 4 is 6.08 Å². The summed E-state index contributed by atoms with van der Waals surface area (Å²) in [6, 6.07) is 18.3. The van der Waals surface area contributed by atoms with Gasteiger partial charge in [-0.2, -0.15) is 0 Å². The van der Waals surface area contributed by atoms with Gasteiger partial charge in [0.2, 0.25) is 0 Å². The van der Waals surface area contributed by atoms with Crippen LogP contribution in [0.4, 0.5) is 0 Å². The van der Waals surface area contributed by atoms with Crippen LogP contribution in [0.15, 0.2) is 60.7 Å². The second-order valence-corrected chi connectivity index (χ2v) is 3.81. The minimum atomic E-state index is 0.607. The van der Waals surface area contributed by atoms with Gasteiger partial charge in [0.25, 0.3) is 0 Å². The van der Waals surface area contributed by atoms with E-state index in [1.54, 1.807) is 0 Å². The summed E-state index contributed by atoms with van der Waals surface area (Å²) in [4.78, 5) is 0. The molecule has 2 aromatic rings. The van der Waals surface area contributed by atoms with Crippen molar-refractivity contribution in [3.63, 3.8) is 0 Å². The maximum absolute atomic E-state index is 5.82. The molecule has 0 aliphatic carbocycles. The zero-order valence-corrected chi connectivity index (χ0v) is 9.97. The highest BCUT2D eigenvalue weighted by Crippen LogP contribution is 2.20. The molecule has 0 saturated heterocycles. The highest BCUT2D eigenvalue weighted by Gasteiger charge is 1.99. The summed E-state index contributed by atoms with van der Waals surface area (Å²) >= 11 is 0. The molecular formula is C16H16O. The van der Waals surface area contributed by atoms with E-state index in [4.69, 9.17) is 4.74 Å². The number of ether oxygens (including phenoxy) is 1. The molecule has 2 rings (SSSR count). The second-order valence-electron chi connectivity index (χ2n) is 3.81. The van der Waals surface area contributed by atoms with Crippen LogP contribution in [0.2, 0.25) is 0 Å². The van der Waals surface area contributed by atoms with Gasteiger partial charge < -0.3 is 4.74 Å². The van der Waals surface area contributed by atoms with Gasteiger partial charge in [-0.25, -0.2) is 0 Å². The Balaban J connectivity index is 2.09. The quantitative estimate of drug-likeness (QED) is 0.752. The van der Waals surface area contributed by atoms with Crippen molar-refractivity contribution in [1.29, 1.82) is 0 Å². The van der Waals surface area contributed by atoms with Crippen LogP contribution in [0.25, 0.3) is 6.08 Å². The van der Waals surface area contributed by atoms with Crippen molar-refractivity contribution in [1.82, 2.24) is 0 Å². The molecule has 0 atom stereocenters. The third-order valence-electron chi connectivity index (χ3n) is 2.50. The second kappa shape index (κ2) is 5.90. The van der Waals surface area contributed by atoms with Crippen LogP contribution in [-0.2, 0) is 6.61 Å². The molecule has 0 aliphatic heterocycles. The first kappa shape index (κ1) is 11.5. The molecule has 2 aromatic carbocycles. The van der Waals surface area contributed by atoms with Crippen LogP contribution in [0, 0.1) is 0 Å². The SMILES string of the molecule is CC=Cc1ccccc1OCc1ccccc1. The van der Waals surface area contributed by atoms with E-state index < -0.39 is 0 Å². The molecule has 1 nitrogen and oxygen atoms in total. The van der Waals surface area contributed by atoms with Crippen LogP contribution < -0.4 is 4.74 Å². The Bertz CT molecular complexity index is 486. The lowest BCUT2D eigenvalue weighted by atomic mass is 10.2. The van der Waals surface area contributed by atoms with Crippen LogP contribution in [0.5, 0.6) is 5.75 Å². The van der Waals surface area contributed by atoms with E-state index in [0.29, 0.717) is 6.61 Å². The first-order valence-electron chi connectivity index (χ1n) is 5.78. The molecule has 0 amide bonds. The predicted octanol–water partition coefficient (Wildman–Crippen LogP) is 4.30. The number of benzene rings is 2. The monoisotopic (exact) mass is 224 g/mol. The summed E-state index contributed by atoms with van der Waals surface area (Å²) < 4.78 is 5.82. The number of para-hydroxylation sites is 1. The summed E-state index contributed by atoms with van der Waals surface area (Å²) in [6.45, 7) is 2.61. The standard InChI is InChI=1S/C16H16O/c1-2-8-15-11-6-7-12-16(15)17-13-14-9-4-3-5-10-14/h2-12H,13H2,1H3. The van der Waals surface area contributed by atoms with Gasteiger partial charge in [0.1, 0.15) is 12.4 Å². The molecule has 17 heavy (non-hydrogen) atoms. The minimum Gasteiger partial charge on any atom is -0.488 e. The maximum Gasteiger partial charge on any atom is 0.127 e. The lowest BCUT2D eigenvalue weighted by Gasteiger charge is -2.09. The van der Waals surface area contributed by atoms with Gasteiger partial charge in [-0.05, 0) is 18.6 Å². The molecule has 0 aromatic heterocycles. The van der Waals surface area contributed by atoms with E-state index in [9.17, 15) is 0 Å². The molecule has 0 N–H and O–H groups in total. The summed E-state index contributed by atoms with van der Waals surface area (Å²) in [5, 5.41) is 0. The Labute approximate surface area is 102 Å². The zero-order valence-electron chi connectivity index (χ0n) is 9.97. The number of allylic oxidation sites excluding steroid dienone is 1. The number of rotatable bonds is 4. The number of hydrogen-bond donors (Lipinski definition) is 0. The van der Waals surface area contributed by atoms with Crippen LogP contribution in [-0.4, -0.2) is 0 Å². The molecule has 0 fully saturated rings. The predicted molar refractivity (Wildman–Crippen MR) is 71.9 cm³/mol. The smallest absolute Gasteiger partial charge is 0.127 e. The van der Waals surface area contributed by atoms with Crippen LogP contribution in [0.3, 0.4) is 0 Å². The van der Waals surface area contributed by atoms with Gasteiger partial charge in [0.15, 0.2) is 0 Å². The normalized spacial score (nSPS) is 10.6. The average molecular weight is 224 g/mol. The summed E-state index contributed by atoms with van der Waals surface area (Å²) in [5.41, 5.74) is 2.30. The Morgan fingerprint density at radius 2 is 1.65 bits per heavy atom. The van der Waals surface area contributed by atoms with Crippen molar-refractivity contribution in [2.75, 3.05) is 0 Å². The first-order valence-corrected chi connectivity index (χ1v) is 5.78. The first-order chi connectivity index (χ1) is 8.40. The highest BCUT2D eigenvalue weighted by atomic mass is 16.5. The molecule has 1 heteroatoms. The molecule has 86 valence electrons. The molecule has 0 saturated carbocycles. The lowest BCUT2D eigenvalue weighted by Crippen LogP contribution is -1.96. The van der Waals surface area contributed by atoms with E-state index in [0.717, 1.165) is 11.3 Å². The summed E-state index contributed by atoms with van der Waals surface area (Å²) in [6.07, 6.45) is 4.07. The van der Waals surface area contributed by atoms with Crippen LogP contribution in [0.1, 0.15) is 18.1 Å². The molecule has 0 unspecified atom stereocenters. The van der Waals surface area contributed by atoms with Crippen molar-refractivity contribution in [2.45, 2.75) is 13.5 Å². The fourth-order valence-electron chi connectivity index (χ4n) is 1.66. The Kier molecular flexibility index (Phi) is 3.98. The van der Waals surface area contributed by atoms with Gasteiger partial charge >= 0.3 is 0 Å².